The summed E-state index contributed by atoms with van der Waals surface area (Å²) >= 11 is 1.18. The molecule has 7 nitrogen and oxygen atoms in total. The maximum Gasteiger partial charge on any atom is 0.323 e. The van der Waals surface area contributed by atoms with Crippen molar-refractivity contribution >= 4 is 29.5 Å². The first-order valence-electron chi connectivity index (χ1n) is 4.44. The van der Waals surface area contributed by atoms with Gasteiger partial charge in [0.05, 0.1) is 12.9 Å². The van der Waals surface area contributed by atoms with Gasteiger partial charge in [-0.05, 0) is 0 Å². The molecule has 4 N–H and O–H groups in total. The largest absolute Gasteiger partial charge is 0.468 e. The molecule has 1 atom stereocenters. The number of ether oxygens (including phenoxy) is 1. The van der Waals surface area contributed by atoms with Crippen molar-refractivity contribution in [2.45, 2.75) is 13.0 Å². The highest BCUT2D eigenvalue weighted by atomic mass is 32.2. The fourth-order valence-electron chi connectivity index (χ4n) is 0.692. The van der Waals surface area contributed by atoms with E-state index in [1.54, 1.807) is 0 Å². The smallest absolute Gasteiger partial charge is 0.323 e. The Balaban J connectivity index is 3.61. The molecule has 16 heavy (non-hydrogen) atoms. The molecule has 0 aromatic carbocycles. The molecule has 0 aromatic heterocycles. The van der Waals surface area contributed by atoms with Gasteiger partial charge in [0.2, 0.25) is 11.8 Å². The lowest BCUT2D eigenvalue weighted by atomic mass is 10.4. The van der Waals surface area contributed by atoms with E-state index in [1.807, 2.05) is 0 Å². The summed E-state index contributed by atoms with van der Waals surface area (Å²) in [6, 6.07) is -0.747. The fraction of sp³-hybridized carbons (Fsp3) is 0.625. The van der Waals surface area contributed by atoms with Crippen molar-refractivity contribution in [3.8, 4) is 0 Å². The number of hydrogen-bond acceptors (Lipinski definition) is 6. The van der Waals surface area contributed by atoms with E-state index in [-0.39, 0.29) is 23.3 Å². The molecule has 92 valence electrons. The lowest BCUT2D eigenvalue weighted by Gasteiger charge is -2.08. The molecule has 0 radical (unpaired) electrons. The van der Waals surface area contributed by atoms with Crippen molar-refractivity contribution in [2.24, 2.45) is 5.73 Å². The van der Waals surface area contributed by atoms with Gasteiger partial charge in [-0.25, -0.2) is 0 Å². The second-order valence-electron chi connectivity index (χ2n) is 2.87. The van der Waals surface area contributed by atoms with Crippen molar-refractivity contribution in [3.05, 3.63) is 0 Å². The summed E-state index contributed by atoms with van der Waals surface area (Å²) in [6.07, 6.45) is 0. The number of nitrogens with two attached hydrogens (primary N) is 1. The highest BCUT2D eigenvalue weighted by Crippen LogP contribution is 2.01. The lowest BCUT2D eigenvalue weighted by molar-refractivity contribution is -0.141. The van der Waals surface area contributed by atoms with Gasteiger partial charge < -0.3 is 10.5 Å². The second kappa shape index (κ2) is 7.94. The molecule has 0 saturated carbocycles. The Hall–Kier alpha value is -1.28. The van der Waals surface area contributed by atoms with Gasteiger partial charge in [0.1, 0.15) is 6.04 Å². The van der Waals surface area contributed by atoms with Gasteiger partial charge in [0.25, 0.3) is 0 Å². The monoisotopic (exact) mass is 249 g/mol. The van der Waals surface area contributed by atoms with E-state index in [4.69, 9.17) is 5.73 Å². The Morgan fingerprint density at radius 3 is 2.50 bits per heavy atom. The summed E-state index contributed by atoms with van der Waals surface area (Å²) < 4.78 is 4.41. The number of esters is 1. The lowest BCUT2D eigenvalue weighted by Crippen LogP contribution is -2.41. The van der Waals surface area contributed by atoms with Crippen LogP contribution in [0.3, 0.4) is 0 Å². The van der Waals surface area contributed by atoms with Gasteiger partial charge >= 0.3 is 5.97 Å². The van der Waals surface area contributed by atoms with Crippen molar-refractivity contribution < 1.29 is 19.1 Å². The number of amides is 2. The number of thioether (sulfide) groups is 1. The Kier molecular flexibility index (Phi) is 7.31. The topological polar surface area (TPSA) is 111 Å². The Morgan fingerprint density at radius 1 is 1.38 bits per heavy atom. The van der Waals surface area contributed by atoms with E-state index in [0.29, 0.717) is 0 Å². The van der Waals surface area contributed by atoms with Gasteiger partial charge in [-0.2, -0.15) is 0 Å². The molecule has 2 amide bonds. The van der Waals surface area contributed by atoms with E-state index < -0.39 is 12.0 Å². The van der Waals surface area contributed by atoms with Crippen LogP contribution in [-0.4, -0.2) is 42.4 Å². The van der Waals surface area contributed by atoms with Crippen LogP contribution in [0.25, 0.3) is 0 Å². The molecule has 0 bridgehead atoms. The van der Waals surface area contributed by atoms with Gasteiger partial charge in [-0.3, -0.25) is 25.2 Å². The van der Waals surface area contributed by atoms with E-state index >= 15 is 0 Å². The van der Waals surface area contributed by atoms with E-state index in [0.717, 1.165) is 0 Å². The fourth-order valence-corrected chi connectivity index (χ4v) is 1.46. The number of methoxy groups -OCH3 is 1. The molecule has 0 aliphatic rings. The van der Waals surface area contributed by atoms with Crippen molar-refractivity contribution in [1.82, 2.24) is 10.9 Å². The molecule has 0 heterocycles. The van der Waals surface area contributed by atoms with Crippen LogP contribution in [0.4, 0.5) is 0 Å². The highest BCUT2D eigenvalue weighted by Gasteiger charge is 2.14. The van der Waals surface area contributed by atoms with Crippen molar-refractivity contribution in [1.29, 1.82) is 0 Å². The first-order valence-corrected chi connectivity index (χ1v) is 5.59. The molecule has 8 heteroatoms. The average molecular weight is 249 g/mol. The van der Waals surface area contributed by atoms with Crippen LogP contribution in [0.2, 0.25) is 0 Å². The summed E-state index contributed by atoms with van der Waals surface area (Å²) in [4.78, 5) is 32.4. The standard InChI is InChI=1S/C8H15N3O4S/c1-5(12)10-11-7(13)4-16-3-6(9)8(14)15-2/h6H,3-4,9H2,1-2H3,(H,10,12)(H,11,13). The molecule has 0 rings (SSSR count). The molecule has 1 unspecified atom stereocenters. The van der Waals surface area contributed by atoms with Gasteiger partial charge in [0, 0.05) is 12.7 Å². The average Bonchev–Trinajstić information content (AvgIpc) is 2.24. The summed E-state index contributed by atoms with van der Waals surface area (Å²) in [7, 11) is 1.25. The summed E-state index contributed by atoms with van der Waals surface area (Å²) in [5.41, 5.74) is 9.76. The quantitative estimate of drug-likeness (QED) is 0.399. The minimum Gasteiger partial charge on any atom is -0.468 e. The zero-order valence-electron chi connectivity index (χ0n) is 9.11. The van der Waals surface area contributed by atoms with E-state index in [1.165, 1.54) is 25.8 Å². The number of nitrogens with one attached hydrogen (secondary N) is 2. The molecular formula is C8H15N3O4S. The summed E-state index contributed by atoms with van der Waals surface area (Å²) in [5.74, 6) is -0.859. The second-order valence-corrected chi connectivity index (χ2v) is 3.90. The molecule has 0 saturated heterocycles. The van der Waals surface area contributed by atoms with Crippen LogP contribution in [0, 0.1) is 0 Å². The Bertz CT molecular complexity index is 272. The SMILES string of the molecule is COC(=O)C(N)CSCC(=O)NNC(C)=O. The molecular weight excluding hydrogens is 234 g/mol. The van der Waals surface area contributed by atoms with E-state index in [2.05, 4.69) is 15.6 Å². The van der Waals surface area contributed by atoms with Crippen LogP contribution in [0.5, 0.6) is 0 Å². The minimum absolute atomic E-state index is 0.102. The molecule has 0 spiro atoms. The first-order chi connectivity index (χ1) is 7.47. The zero-order valence-corrected chi connectivity index (χ0v) is 9.93. The zero-order chi connectivity index (χ0) is 12.6. The van der Waals surface area contributed by atoms with Gasteiger partial charge in [0.15, 0.2) is 0 Å². The molecule has 0 fully saturated rings. The highest BCUT2D eigenvalue weighted by molar-refractivity contribution is 8.00. The summed E-state index contributed by atoms with van der Waals surface area (Å²) in [6.45, 7) is 1.28. The number of carbonyl (C=O) groups excluding carboxylic acids is 3. The number of hydrogen-bond donors (Lipinski definition) is 3. The van der Waals surface area contributed by atoms with E-state index in [9.17, 15) is 14.4 Å². The molecule has 0 aliphatic heterocycles. The van der Waals surface area contributed by atoms with Crippen LogP contribution < -0.4 is 16.6 Å². The third-order valence-corrected chi connectivity index (χ3v) is 2.47. The first kappa shape index (κ1) is 14.7. The maximum absolute atomic E-state index is 11.1. The third-order valence-electron chi connectivity index (χ3n) is 1.41. The normalized spacial score (nSPS) is 11.4. The summed E-state index contributed by atoms with van der Waals surface area (Å²) in [5, 5.41) is 0. The Labute approximate surface area is 97.4 Å². The predicted octanol–water partition coefficient (Wildman–Crippen LogP) is -1.61. The number of carbonyl (C=O) groups is 3. The van der Waals surface area contributed by atoms with Crippen LogP contribution in [0.15, 0.2) is 0 Å². The van der Waals surface area contributed by atoms with Gasteiger partial charge in [-0.15, -0.1) is 11.8 Å². The Morgan fingerprint density at radius 2 is 2.00 bits per heavy atom. The number of hydrazine groups is 1. The number of rotatable bonds is 5. The third kappa shape index (κ3) is 7.07. The minimum atomic E-state index is -0.747. The predicted molar refractivity (Wildman–Crippen MR) is 59.3 cm³/mol. The molecule has 0 aromatic rings. The van der Waals surface area contributed by atoms with Gasteiger partial charge in [-0.1, -0.05) is 0 Å². The maximum atomic E-state index is 11.1. The van der Waals surface area contributed by atoms with Crippen LogP contribution in [-0.2, 0) is 19.1 Å². The van der Waals surface area contributed by atoms with Crippen LogP contribution >= 0.6 is 11.8 Å². The molecule has 0 aliphatic carbocycles. The van der Waals surface area contributed by atoms with Crippen molar-refractivity contribution in [2.75, 3.05) is 18.6 Å². The van der Waals surface area contributed by atoms with Crippen molar-refractivity contribution in [3.63, 3.8) is 0 Å². The van der Waals surface area contributed by atoms with Crippen LogP contribution in [0.1, 0.15) is 6.92 Å².